The Balaban J connectivity index is 2.49. The molecule has 5 nitrogen and oxygen atoms in total. The molecule has 0 amide bonds. The summed E-state index contributed by atoms with van der Waals surface area (Å²) in [5.74, 6) is -1.42. The zero-order valence-electron chi connectivity index (χ0n) is 14.5. The van der Waals surface area contributed by atoms with Gasteiger partial charge in [-0.15, -0.1) is 0 Å². The second-order valence-electron chi connectivity index (χ2n) is 5.37. The van der Waals surface area contributed by atoms with Crippen molar-refractivity contribution in [2.45, 2.75) is 13.0 Å². The normalized spacial score (nSPS) is 11.2. The highest BCUT2D eigenvalue weighted by atomic mass is 19.1. The first-order valence-corrected chi connectivity index (χ1v) is 7.79. The van der Waals surface area contributed by atoms with Crippen LogP contribution in [0.3, 0.4) is 0 Å². The van der Waals surface area contributed by atoms with E-state index < -0.39 is 17.9 Å². The molecule has 0 aliphatic carbocycles. The van der Waals surface area contributed by atoms with Crippen molar-refractivity contribution in [1.29, 1.82) is 5.26 Å². The van der Waals surface area contributed by atoms with E-state index in [0.717, 1.165) is 11.6 Å². The summed E-state index contributed by atoms with van der Waals surface area (Å²) >= 11 is 0. The Morgan fingerprint density at radius 1 is 1.38 bits per heavy atom. The maximum absolute atomic E-state index is 14.2. The molecule has 0 aliphatic rings. The lowest BCUT2D eigenvalue weighted by Crippen LogP contribution is -2.21. The lowest BCUT2D eigenvalue weighted by Gasteiger charge is -2.20. The molecule has 0 N–H and O–H groups in total. The predicted molar refractivity (Wildman–Crippen MR) is 93.4 cm³/mol. The molecule has 0 saturated carbocycles. The fourth-order valence-corrected chi connectivity index (χ4v) is 2.35. The van der Waals surface area contributed by atoms with Crippen molar-refractivity contribution in [3.8, 4) is 17.6 Å². The number of halogens is 1. The van der Waals surface area contributed by atoms with Crippen molar-refractivity contribution in [2.75, 3.05) is 13.7 Å². The van der Waals surface area contributed by atoms with Crippen LogP contribution in [0.15, 0.2) is 49.1 Å². The van der Waals surface area contributed by atoms with Gasteiger partial charge in [-0.3, -0.25) is 0 Å². The highest BCUT2D eigenvalue weighted by molar-refractivity contribution is 5.77. The first kappa shape index (κ1) is 19.0. The standard InChI is InChI=1S/C20H18FNO4/c1-4-9-25-14-10-17(21)16(12-22)18(11-14)26-19(20(23)24-3)15-8-6-5-7-13(15)2/h4-8,10-11,19H,1,9H2,2-3H3. The van der Waals surface area contributed by atoms with E-state index in [1.165, 1.54) is 19.3 Å². The molecule has 0 radical (unpaired) electrons. The van der Waals surface area contributed by atoms with Gasteiger partial charge in [-0.05, 0) is 12.5 Å². The summed E-state index contributed by atoms with van der Waals surface area (Å²) in [6, 6.07) is 11.3. The van der Waals surface area contributed by atoms with Crippen LogP contribution in [0.4, 0.5) is 4.39 Å². The number of esters is 1. The minimum absolute atomic E-state index is 0.106. The minimum Gasteiger partial charge on any atom is -0.489 e. The van der Waals surface area contributed by atoms with Gasteiger partial charge in [-0.25, -0.2) is 9.18 Å². The van der Waals surface area contributed by atoms with E-state index in [9.17, 15) is 14.4 Å². The quantitative estimate of drug-likeness (QED) is 0.557. The van der Waals surface area contributed by atoms with Crippen molar-refractivity contribution >= 4 is 5.97 Å². The van der Waals surface area contributed by atoms with Crippen LogP contribution in [-0.2, 0) is 9.53 Å². The molecule has 1 unspecified atom stereocenters. The molecule has 0 spiro atoms. The van der Waals surface area contributed by atoms with E-state index in [0.29, 0.717) is 5.56 Å². The van der Waals surface area contributed by atoms with Crippen LogP contribution in [0.25, 0.3) is 0 Å². The van der Waals surface area contributed by atoms with Crippen LogP contribution in [0.2, 0.25) is 0 Å². The lowest BCUT2D eigenvalue weighted by atomic mass is 10.0. The number of hydrogen-bond acceptors (Lipinski definition) is 5. The first-order valence-electron chi connectivity index (χ1n) is 7.79. The topological polar surface area (TPSA) is 68.5 Å². The molecule has 0 heterocycles. The van der Waals surface area contributed by atoms with Crippen molar-refractivity contribution in [3.05, 3.63) is 71.6 Å². The average molecular weight is 355 g/mol. The zero-order valence-corrected chi connectivity index (χ0v) is 14.5. The number of carbonyl (C=O) groups excluding carboxylic acids is 1. The van der Waals surface area contributed by atoms with Crippen molar-refractivity contribution < 1.29 is 23.4 Å². The summed E-state index contributed by atoms with van der Waals surface area (Å²) in [6.45, 7) is 5.49. The van der Waals surface area contributed by atoms with Crippen LogP contribution in [0, 0.1) is 24.1 Å². The molecular formula is C20H18FNO4. The third kappa shape index (κ3) is 4.19. The molecule has 0 saturated heterocycles. The van der Waals surface area contributed by atoms with Crippen molar-refractivity contribution in [3.63, 3.8) is 0 Å². The highest BCUT2D eigenvalue weighted by Gasteiger charge is 2.27. The number of hydrogen-bond donors (Lipinski definition) is 0. The van der Waals surface area contributed by atoms with E-state index >= 15 is 0 Å². The molecule has 6 heteroatoms. The predicted octanol–water partition coefficient (Wildman–Crippen LogP) is 3.86. The molecular weight excluding hydrogens is 337 g/mol. The summed E-state index contributed by atoms with van der Waals surface area (Å²) in [5, 5.41) is 9.26. The Labute approximate surface area is 151 Å². The molecule has 2 aromatic carbocycles. The summed E-state index contributed by atoms with van der Waals surface area (Å²) in [5.41, 5.74) is 1.03. The molecule has 0 fully saturated rings. The molecule has 1 atom stereocenters. The maximum Gasteiger partial charge on any atom is 0.351 e. The maximum atomic E-state index is 14.2. The second kappa shape index (κ2) is 8.67. The van der Waals surface area contributed by atoms with Crippen LogP contribution in [-0.4, -0.2) is 19.7 Å². The summed E-state index contributed by atoms with van der Waals surface area (Å²) in [6.07, 6.45) is 0.351. The number of rotatable bonds is 7. The van der Waals surface area contributed by atoms with E-state index in [1.807, 2.05) is 19.1 Å². The minimum atomic E-state index is -1.15. The summed E-state index contributed by atoms with van der Waals surface area (Å²) < 4.78 is 30.1. The lowest BCUT2D eigenvalue weighted by molar-refractivity contribution is -0.149. The Kier molecular flexibility index (Phi) is 6.34. The Hall–Kier alpha value is -3.33. The number of methoxy groups -OCH3 is 1. The third-order valence-corrected chi connectivity index (χ3v) is 3.64. The van der Waals surface area contributed by atoms with Crippen molar-refractivity contribution in [1.82, 2.24) is 0 Å². The van der Waals surface area contributed by atoms with Gasteiger partial charge >= 0.3 is 5.97 Å². The van der Waals surface area contributed by atoms with Gasteiger partial charge in [-0.2, -0.15) is 5.26 Å². The van der Waals surface area contributed by atoms with Crippen LogP contribution in [0.1, 0.15) is 22.8 Å². The molecule has 0 aliphatic heterocycles. The fourth-order valence-electron chi connectivity index (χ4n) is 2.35. The number of nitrogens with zero attached hydrogens (tertiary/aromatic N) is 1. The largest absolute Gasteiger partial charge is 0.489 e. The second-order valence-corrected chi connectivity index (χ2v) is 5.37. The SMILES string of the molecule is C=CCOc1cc(F)c(C#N)c(OC(C(=O)OC)c2ccccc2C)c1. The molecule has 0 bridgehead atoms. The molecule has 134 valence electrons. The van der Waals surface area contributed by atoms with Gasteiger partial charge in [0.25, 0.3) is 0 Å². The Morgan fingerprint density at radius 2 is 2.12 bits per heavy atom. The van der Waals surface area contributed by atoms with Crippen LogP contribution < -0.4 is 9.47 Å². The van der Waals surface area contributed by atoms with Crippen molar-refractivity contribution in [2.24, 2.45) is 0 Å². The summed E-state index contributed by atoms with van der Waals surface area (Å²) in [4.78, 5) is 12.2. The zero-order chi connectivity index (χ0) is 19.1. The third-order valence-electron chi connectivity index (χ3n) is 3.64. The number of aryl methyl sites for hydroxylation is 1. The van der Waals surface area contributed by atoms with E-state index in [4.69, 9.17) is 14.2 Å². The number of carbonyl (C=O) groups is 1. The van der Waals surface area contributed by atoms with Gasteiger partial charge < -0.3 is 14.2 Å². The van der Waals surface area contributed by atoms with Gasteiger partial charge in [0.15, 0.2) is 0 Å². The number of nitriles is 1. The van der Waals surface area contributed by atoms with Gasteiger partial charge in [0.2, 0.25) is 6.10 Å². The smallest absolute Gasteiger partial charge is 0.351 e. The highest BCUT2D eigenvalue weighted by Crippen LogP contribution is 2.32. The first-order chi connectivity index (χ1) is 12.5. The fraction of sp³-hybridized carbons (Fsp3) is 0.200. The average Bonchev–Trinajstić information content (AvgIpc) is 2.64. The number of ether oxygens (including phenoxy) is 3. The Bertz CT molecular complexity index is 857. The van der Waals surface area contributed by atoms with E-state index in [2.05, 4.69) is 6.58 Å². The van der Waals surface area contributed by atoms with Crippen LogP contribution in [0.5, 0.6) is 11.5 Å². The van der Waals surface area contributed by atoms with E-state index in [1.54, 1.807) is 18.2 Å². The Morgan fingerprint density at radius 3 is 2.73 bits per heavy atom. The van der Waals surface area contributed by atoms with E-state index in [-0.39, 0.29) is 23.7 Å². The van der Waals surface area contributed by atoms with Gasteiger partial charge in [-0.1, -0.05) is 36.9 Å². The molecule has 0 aromatic heterocycles. The van der Waals surface area contributed by atoms with Gasteiger partial charge in [0.1, 0.15) is 35.6 Å². The molecule has 2 aromatic rings. The molecule has 26 heavy (non-hydrogen) atoms. The van der Waals surface area contributed by atoms with Crippen LogP contribution >= 0.6 is 0 Å². The monoisotopic (exact) mass is 355 g/mol. The van der Waals surface area contributed by atoms with Gasteiger partial charge in [0, 0.05) is 17.7 Å². The van der Waals surface area contributed by atoms with Gasteiger partial charge in [0.05, 0.1) is 7.11 Å². The number of benzene rings is 2. The molecule has 2 rings (SSSR count). The summed E-state index contributed by atoms with van der Waals surface area (Å²) in [7, 11) is 1.23.